The van der Waals surface area contributed by atoms with Gasteiger partial charge in [-0.05, 0) is 13.8 Å². The van der Waals surface area contributed by atoms with Crippen molar-refractivity contribution in [1.29, 1.82) is 0 Å². The second kappa shape index (κ2) is 4.06. The van der Waals surface area contributed by atoms with Gasteiger partial charge in [0.15, 0.2) is 5.82 Å². The van der Waals surface area contributed by atoms with Crippen molar-refractivity contribution in [3.05, 3.63) is 23.3 Å². The van der Waals surface area contributed by atoms with E-state index in [-0.39, 0.29) is 11.4 Å². The first kappa shape index (κ1) is 14.7. The zero-order chi connectivity index (χ0) is 14.4. The second-order valence-electron chi connectivity index (χ2n) is 3.50. The third-order valence-electron chi connectivity index (χ3n) is 2.00. The summed E-state index contributed by atoms with van der Waals surface area (Å²) in [6, 6.07) is 2.26. The van der Waals surface area contributed by atoms with E-state index in [0.717, 1.165) is 13.8 Å². The van der Waals surface area contributed by atoms with E-state index in [4.69, 9.17) is 0 Å². The van der Waals surface area contributed by atoms with Gasteiger partial charge in [0.05, 0.1) is 0 Å². The first-order chi connectivity index (χ1) is 7.89. The summed E-state index contributed by atoms with van der Waals surface area (Å²) in [6.07, 6.45) is -12.4. The molecule has 9 heteroatoms. The highest BCUT2D eigenvalue weighted by Gasteiger charge is 2.75. The second-order valence-corrected chi connectivity index (χ2v) is 3.50. The molecule has 0 saturated heterocycles. The number of alkyl halides is 7. The van der Waals surface area contributed by atoms with Gasteiger partial charge in [-0.2, -0.15) is 26.3 Å². The van der Waals surface area contributed by atoms with Crippen molar-refractivity contribution in [2.45, 2.75) is 31.9 Å². The van der Waals surface area contributed by atoms with Crippen LogP contribution < -0.4 is 0 Å². The van der Waals surface area contributed by atoms with Crippen LogP contribution in [0.4, 0.5) is 30.7 Å². The molecule has 0 aliphatic carbocycles. The van der Waals surface area contributed by atoms with E-state index in [9.17, 15) is 30.7 Å². The lowest BCUT2D eigenvalue weighted by atomic mass is 10.0. The van der Waals surface area contributed by atoms with Crippen molar-refractivity contribution >= 4 is 0 Å². The van der Waals surface area contributed by atoms with Gasteiger partial charge in [-0.25, -0.2) is 14.4 Å². The molecule has 18 heavy (non-hydrogen) atoms. The fourth-order valence-corrected chi connectivity index (χ4v) is 1.23. The highest BCUT2D eigenvalue weighted by molar-refractivity contribution is 5.16. The molecule has 0 N–H and O–H groups in total. The molecule has 0 bridgehead atoms. The third kappa shape index (κ3) is 2.25. The van der Waals surface area contributed by atoms with E-state index in [1.807, 2.05) is 0 Å². The topological polar surface area (TPSA) is 25.8 Å². The Morgan fingerprint density at radius 1 is 0.778 bits per heavy atom. The van der Waals surface area contributed by atoms with Gasteiger partial charge >= 0.3 is 18.0 Å². The largest absolute Gasteiger partial charge is 0.439 e. The molecule has 2 nitrogen and oxygen atoms in total. The van der Waals surface area contributed by atoms with Crippen molar-refractivity contribution in [3.8, 4) is 0 Å². The Labute approximate surface area is 96.9 Å². The smallest absolute Gasteiger partial charge is 0.234 e. The molecule has 0 aliphatic heterocycles. The molecule has 0 saturated carbocycles. The first-order valence-corrected chi connectivity index (χ1v) is 4.47. The summed E-state index contributed by atoms with van der Waals surface area (Å²) in [5.41, 5.74) is -6.22. The minimum Gasteiger partial charge on any atom is -0.234 e. The lowest BCUT2D eigenvalue weighted by Crippen LogP contribution is -2.51. The summed E-state index contributed by atoms with van der Waals surface area (Å²) in [5, 5.41) is 0. The van der Waals surface area contributed by atoms with Crippen LogP contribution in [-0.2, 0) is 5.67 Å². The molecule has 0 aliphatic rings. The molecule has 1 aromatic rings. The number of nitrogens with zero attached hydrogens (tertiary/aromatic N) is 2. The fraction of sp³-hybridized carbons (Fsp3) is 0.556. The average Bonchev–Trinajstić information content (AvgIpc) is 2.11. The Balaban J connectivity index is 3.55. The van der Waals surface area contributed by atoms with Crippen LogP contribution in [0.2, 0.25) is 0 Å². The Bertz CT molecular complexity index is 415. The molecule has 0 amide bonds. The summed E-state index contributed by atoms with van der Waals surface area (Å²) in [7, 11) is 0. The van der Waals surface area contributed by atoms with Gasteiger partial charge in [0.1, 0.15) is 0 Å². The van der Waals surface area contributed by atoms with Crippen molar-refractivity contribution in [1.82, 2.24) is 9.97 Å². The molecule has 0 unspecified atom stereocenters. The van der Waals surface area contributed by atoms with Gasteiger partial charge in [0.25, 0.3) is 0 Å². The normalized spacial score (nSPS) is 13.8. The van der Waals surface area contributed by atoms with Crippen LogP contribution in [0.25, 0.3) is 0 Å². The molecule has 0 spiro atoms. The highest BCUT2D eigenvalue weighted by atomic mass is 19.4. The predicted molar refractivity (Wildman–Crippen MR) is 45.2 cm³/mol. The summed E-state index contributed by atoms with van der Waals surface area (Å²) >= 11 is 0. The lowest BCUT2D eigenvalue weighted by Gasteiger charge is -2.28. The van der Waals surface area contributed by atoms with E-state index in [1.165, 1.54) is 0 Å². The molecule has 0 fully saturated rings. The molecule has 1 aromatic heterocycles. The van der Waals surface area contributed by atoms with E-state index >= 15 is 0 Å². The quantitative estimate of drug-likeness (QED) is 0.736. The maximum atomic E-state index is 13.5. The van der Waals surface area contributed by atoms with Crippen molar-refractivity contribution < 1.29 is 30.7 Å². The number of aromatic nitrogens is 2. The minimum atomic E-state index is -6.20. The molecule has 1 heterocycles. The summed E-state index contributed by atoms with van der Waals surface area (Å²) in [6.45, 7) is 2.18. The molecule has 101 valence electrons. The Morgan fingerprint density at radius 3 is 1.39 bits per heavy atom. The number of rotatable bonds is 1. The Morgan fingerprint density at radius 2 is 1.11 bits per heavy atom. The third-order valence-corrected chi connectivity index (χ3v) is 2.00. The average molecular weight is 275 g/mol. The lowest BCUT2D eigenvalue weighted by molar-refractivity contribution is -0.351. The molecular formula is C9H6F7N2. The van der Waals surface area contributed by atoms with Gasteiger partial charge in [-0.15, -0.1) is 0 Å². The standard InChI is InChI=1S/C9H6F7N2/c1-4-3-5(2)18-6(17-4)7(10,8(11,12)13)9(14,15)16/h1-2H3. The van der Waals surface area contributed by atoms with Crippen molar-refractivity contribution in [2.24, 2.45) is 0 Å². The molecule has 0 aromatic carbocycles. The summed E-state index contributed by atoms with van der Waals surface area (Å²) in [5.74, 6) is -1.98. The van der Waals surface area contributed by atoms with Crippen LogP contribution in [0.5, 0.6) is 0 Å². The van der Waals surface area contributed by atoms with Gasteiger partial charge < -0.3 is 0 Å². The number of hydrogen-bond acceptors (Lipinski definition) is 2. The van der Waals surface area contributed by atoms with Gasteiger partial charge in [-0.1, -0.05) is 0 Å². The van der Waals surface area contributed by atoms with Crippen LogP contribution >= 0.6 is 0 Å². The van der Waals surface area contributed by atoms with E-state index in [1.54, 1.807) is 0 Å². The van der Waals surface area contributed by atoms with Gasteiger partial charge in [0, 0.05) is 17.5 Å². The molecular weight excluding hydrogens is 269 g/mol. The molecule has 0 atom stereocenters. The van der Waals surface area contributed by atoms with Crippen LogP contribution in [0.1, 0.15) is 17.2 Å². The molecule has 1 rings (SSSR count). The number of aryl methyl sites for hydroxylation is 2. The van der Waals surface area contributed by atoms with Crippen LogP contribution in [0.3, 0.4) is 0 Å². The maximum absolute atomic E-state index is 13.5. The first-order valence-electron chi connectivity index (χ1n) is 4.47. The SMILES string of the molecule is Cc1[c]c(C)nc(C(F)(C(F)(F)F)C(F)(F)F)n1. The zero-order valence-electron chi connectivity index (χ0n) is 9.04. The highest BCUT2D eigenvalue weighted by Crippen LogP contribution is 2.52. The van der Waals surface area contributed by atoms with Crippen molar-refractivity contribution in [3.63, 3.8) is 0 Å². The summed E-state index contributed by atoms with van der Waals surface area (Å²) < 4.78 is 87.7. The fourth-order valence-electron chi connectivity index (χ4n) is 1.23. The zero-order valence-corrected chi connectivity index (χ0v) is 9.04. The maximum Gasteiger partial charge on any atom is 0.439 e. The van der Waals surface area contributed by atoms with Crippen LogP contribution in [0.15, 0.2) is 0 Å². The van der Waals surface area contributed by atoms with Crippen molar-refractivity contribution in [2.75, 3.05) is 0 Å². The van der Waals surface area contributed by atoms with E-state index in [0.29, 0.717) is 0 Å². The van der Waals surface area contributed by atoms with E-state index in [2.05, 4.69) is 16.0 Å². The van der Waals surface area contributed by atoms with Crippen LogP contribution in [-0.4, -0.2) is 22.3 Å². The van der Waals surface area contributed by atoms with E-state index < -0.39 is 23.8 Å². The minimum absolute atomic E-state index is 0.312. The Hall–Kier alpha value is -1.41. The Kier molecular flexibility index (Phi) is 3.30. The summed E-state index contributed by atoms with van der Waals surface area (Å²) in [4.78, 5) is 5.71. The number of hydrogen-bond donors (Lipinski definition) is 0. The van der Waals surface area contributed by atoms with Gasteiger partial charge in [0.2, 0.25) is 0 Å². The number of halogens is 7. The predicted octanol–water partition coefficient (Wildman–Crippen LogP) is 3.18. The molecule has 1 radical (unpaired) electrons. The van der Waals surface area contributed by atoms with Crippen LogP contribution in [0, 0.1) is 19.9 Å². The van der Waals surface area contributed by atoms with Gasteiger partial charge in [-0.3, -0.25) is 0 Å². The monoisotopic (exact) mass is 275 g/mol.